The number of hydrogen-bond donors (Lipinski definition) is 1. The van der Waals surface area contributed by atoms with Crippen molar-refractivity contribution in [1.82, 2.24) is 18.9 Å². The predicted molar refractivity (Wildman–Crippen MR) is 136 cm³/mol. The molecule has 0 spiro atoms. The molecule has 0 bridgehead atoms. The second kappa shape index (κ2) is 8.71. The smallest absolute Gasteiger partial charge is 0.295 e. The monoisotopic (exact) mass is 559 g/mol. The lowest BCUT2D eigenvalue weighted by Crippen LogP contribution is -2.22. The molecule has 0 fully saturated rings. The van der Waals surface area contributed by atoms with E-state index in [2.05, 4.69) is 42.0 Å². The van der Waals surface area contributed by atoms with Crippen LogP contribution in [0.15, 0.2) is 53.9 Å². The molecular formula is C23H23Br2N5O2. The number of nitrogens with zero attached hydrogens (tertiary/aromatic N) is 4. The molecule has 0 radical (unpaired) electrons. The Morgan fingerprint density at radius 3 is 2.28 bits per heavy atom. The number of halogens is 2. The van der Waals surface area contributed by atoms with E-state index in [0.29, 0.717) is 24.3 Å². The summed E-state index contributed by atoms with van der Waals surface area (Å²) < 4.78 is 6.72. The summed E-state index contributed by atoms with van der Waals surface area (Å²) in [6.07, 6.45) is 1.58. The third kappa shape index (κ3) is 3.73. The molecule has 0 aliphatic heterocycles. The Morgan fingerprint density at radius 2 is 1.66 bits per heavy atom. The van der Waals surface area contributed by atoms with Gasteiger partial charge in [-0.2, -0.15) is 0 Å². The highest BCUT2D eigenvalue weighted by Crippen LogP contribution is 2.30. The van der Waals surface area contributed by atoms with Crippen molar-refractivity contribution in [3.05, 3.63) is 76.9 Å². The Kier molecular flexibility index (Phi) is 6.13. The maximum atomic E-state index is 13.1. The molecule has 0 amide bonds. The standard InChI is InChI=1S/C23H23Br2N5O2/c1-5-28-20-10-17(25)18(11-21(20)29(6-2)23(28)32)26-12-16-14(4)27-30(22(16)31)19-8-7-15(24)9-13(19)3/h7-12,27H,5-6H2,1-4H3. The maximum absolute atomic E-state index is 13.1. The molecule has 0 aliphatic rings. The summed E-state index contributed by atoms with van der Waals surface area (Å²) in [6, 6.07) is 9.55. The van der Waals surface area contributed by atoms with Gasteiger partial charge in [0.05, 0.1) is 28.0 Å². The van der Waals surface area contributed by atoms with Crippen molar-refractivity contribution < 1.29 is 0 Å². The second-order valence-electron chi connectivity index (χ2n) is 7.54. The highest BCUT2D eigenvalue weighted by Gasteiger charge is 2.15. The minimum atomic E-state index is -0.170. The fourth-order valence-electron chi connectivity index (χ4n) is 3.92. The van der Waals surface area contributed by atoms with Crippen LogP contribution in [-0.2, 0) is 13.1 Å². The number of fused-ring (bicyclic) bond motifs is 1. The Hall–Kier alpha value is -2.65. The van der Waals surface area contributed by atoms with Crippen LogP contribution in [0.25, 0.3) is 16.7 Å². The van der Waals surface area contributed by atoms with Crippen LogP contribution in [0.4, 0.5) is 5.69 Å². The molecule has 4 rings (SSSR count). The molecular weight excluding hydrogens is 538 g/mol. The summed E-state index contributed by atoms with van der Waals surface area (Å²) >= 11 is 7.03. The van der Waals surface area contributed by atoms with Gasteiger partial charge in [-0.05, 0) is 79.5 Å². The number of hydrogen-bond acceptors (Lipinski definition) is 3. The van der Waals surface area contributed by atoms with Gasteiger partial charge in [0, 0.05) is 33.9 Å². The summed E-state index contributed by atoms with van der Waals surface area (Å²) in [6.45, 7) is 8.87. The van der Waals surface area contributed by atoms with Gasteiger partial charge in [-0.15, -0.1) is 0 Å². The van der Waals surface area contributed by atoms with Crippen LogP contribution in [0, 0.1) is 13.8 Å². The van der Waals surface area contributed by atoms with Crippen LogP contribution in [0.3, 0.4) is 0 Å². The van der Waals surface area contributed by atoms with Crippen molar-refractivity contribution in [3.63, 3.8) is 0 Å². The van der Waals surface area contributed by atoms with Crippen LogP contribution in [-0.4, -0.2) is 25.1 Å². The van der Waals surface area contributed by atoms with Crippen LogP contribution < -0.4 is 11.2 Å². The number of aromatic amines is 1. The van der Waals surface area contributed by atoms with Crippen molar-refractivity contribution in [2.45, 2.75) is 40.8 Å². The number of aromatic nitrogens is 4. The molecule has 2 aromatic heterocycles. The Morgan fingerprint density at radius 1 is 1.00 bits per heavy atom. The molecule has 9 heteroatoms. The van der Waals surface area contributed by atoms with Crippen molar-refractivity contribution in [2.24, 2.45) is 4.99 Å². The summed E-state index contributed by atoms with van der Waals surface area (Å²) in [5.74, 6) is 0. The first kappa shape index (κ1) is 22.5. The van der Waals surface area contributed by atoms with E-state index in [1.807, 2.05) is 58.0 Å². The minimum Gasteiger partial charge on any atom is -0.295 e. The lowest BCUT2D eigenvalue weighted by atomic mass is 10.2. The van der Waals surface area contributed by atoms with Crippen molar-refractivity contribution in [2.75, 3.05) is 0 Å². The Bertz CT molecular complexity index is 1490. The lowest BCUT2D eigenvalue weighted by molar-refractivity contribution is 0.671. The van der Waals surface area contributed by atoms with Crippen molar-refractivity contribution >= 4 is 54.8 Å². The van der Waals surface area contributed by atoms with Gasteiger partial charge >= 0.3 is 5.69 Å². The molecule has 1 N–H and O–H groups in total. The minimum absolute atomic E-state index is 0.0349. The quantitative estimate of drug-likeness (QED) is 0.340. The number of nitrogens with one attached hydrogen (secondary N) is 1. The molecule has 7 nitrogen and oxygen atoms in total. The van der Waals surface area contributed by atoms with E-state index in [-0.39, 0.29) is 11.2 Å². The molecule has 0 atom stereocenters. The largest absolute Gasteiger partial charge is 0.329 e. The zero-order valence-corrected chi connectivity index (χ0v) is 21.4. The first-order valence-corrected chi connectivity index (χ1v) is 11.9. The predicted octanol–water partition coefficient (Wildman–Crippen LogP) is 5.21. The number of benzene rings is 2. The highest BCUT2D eigenvalue weighted by atomic mass is 79.9. The van der Waals surface area contributed by atoms with Crippen LogP contribution >= 0.6 is 31.9 Å². The van der Waals surface area contributed by atoms with E-state index < -0.39 is 0 Å². The Balaban J connectivity index is 1.80. The average Bonchev–Trinajstić information content (AvgIpc) is 3.17. The summed E-state index contributed by atoms with van der Waals surface area (Å²) in [5, 5.41) is 3.14. The third-order valence-electron chi connectivity index (χ3n) is 5.57. The van der Waals surface area contributed by atoms with Crippen LogP contribution in [0.5, 0.6) is 0 Å². The van der Waals surface area contributed by atoms with Gasteiger partial charge in [0.15, 0.2) is 0 Å². The molecule has 166 valence electrons. The van der Waals surface area contributed by atoms with Gasteiger partial charge in [0.2, 0.25) is 0 Å². The van der Waals surface area contributed by atoms with Gasteiger partial charge in [-0.3, -0.25) is 24.0 Å². The van der Waals surface area contributed by atoms with Crippen LogP contribution in [0.2, 0.25) is 0 Å². The molecule has 0 saturated heterocycles. The van der Waals surface area contributed by atoms with E-state index in [4.69, 9.17) is 0 Å². The van der Waals surface area contributed by atoms with Gasteiger partial charge in [0.25, 0.3) is 5.56 Å². The molecule has 0 aliphatic carbocycles. The van der Waals surface area contributed by atoms with E-state index in [1.165, 1.54) is 4.68 Å². The highest BCUT2D eigenvalue weighted by molar-refractivity contribution is 9.10. The third-order valence-corrected chi connectivity index (χ3v) is 6.70. The molecule has 32 heavy (non-hydrogen) atoms. The zero-order valence-electron chi connectivity index (χ0n) is 18.2. The van der Waals surface area contributed by atoms with Crippen molar-refractivity contribution in [1.29, 1.82) is 0 Å². The fourth-order valence-corrected chi connectivity index (χ4v) is 4.83. The maximum Gasteiger partial charge on any atom is 0.329 e. The normalized spacial score (nSPS) is 11.8. The molecule has 0 saturated carbocycles. The van der Waals surface area contributed by atoms with Gasteiger partial charge in [-0.1, -0.05) is 15.9 Å². The average molecular weight is 561 g/mol. The van der Waals surface area contributed by atoms with E-state index >= 15 is 0 Å². The zero-order chi connectivity index (χ0) is 23.2. The lowest BCUT2D eigenvalue weighted by Gasteiger charge is -2.06. The van der Waals surface area contributed by atoms with Gasteiger partial charge in [0.1, 0.15) is 0 Å². The number of H-pyrrole nitrogens is 1. The van der Waals surface area contributed by atoms with Crippen molar-refractivity contribution in [3.8, 4) is 5.69 Å². The molecule has 0 unspecified atom stereocenters. The summed E-state index contributed by atoms with van der Waals surface area (Å²) in [4.78, 5) is 30.3. The number of imidazole rings is 1. The van der Waals surface area contributed by atoms with E-state index in [0.717, 1.165) is 36.9 Å². The number of aryl methyl sites for hydroxylation is 4. The van der Waals surface area contributed by atoms with E-state index in [1.54, 1.807) is 15.3 Å². The summed E-state index contributed by atoms with van der Waals surface area (Å²) in [5.41, 5.74) is 5.09. The topological polar surface area (TPSA) is 77.1 Å². The summed E-state index contributed by atoms with van der Waals surface area (Å²) in [7, 11) is 0. The molecule has 2 aromatic carbocycles. The molecule has 4 aromatic rings. The van der Waals surface area contributed by atoms with E-state index in [9.17, 15) is 9.59 Å². The SMILES string of the molecule is CCn1c(=O)n(CC)c2cc(N=Cc3c(C)[nH]n(-c4ccc(Br)cc4C)c3=O)c(Br)cc21. The van der Waals surface area contributed by atoms with Gasteiger partial charge in [-0.25, -0.2) is 9.48 Å². The second-order valence-corrected chi connectivity index (χ2v) is 9.31. The first-order chi connectivity index (χ1) is 15.3. The van der Waals surface area contributed by atoms with Crippen LogP contribution in [0.1, 0.15) is 30.7 Å². The van der Waals surface area contributed by atoms with Gasteiger partial charge < -0.3 is 0 Å². The number of rotatable bonds is 5. The molecule has 2 heterocycles. The number of aliphatic imine (C=N–C) groups is 1. The fraction of sp³-hybridized carbons (Fsp3) is 0.261. The Labute approximate surface area is 201 Å². The first-order valence-electron chi connectivity index (χ1n) is 10.3.